The van der Waals surface area contributed by atoms with Gasteiger partial charge in [-0.15, -0.1) is 0 Å². The standard InChI is InChI=1S/C11H22N2O2/c1-9-5-13(6-10(2)15-9)11(7-12)3-4-14-8-11/h9-10H,3-8,12H2,1-2H3. The lowest BCUT2D eigenvalue weighted by Crippen LogP contribution is -2.61. The second-order valence-electron chi connectivity index (χ2n) is 4.89. The van der Waals surface area contributed by atoms with E-state index in [0.717, 1.165) is 32.7 Å². The molecule has 0 radical (unpaired) electrons. The van der Waals surface area contributed by atoms with E-state index in [4.69, 9.17) is 15.2 Å². The van der Waals surface area contributed by atoms with Gasteiger partial charge in [0.25, 0.3) is 0 Å². The number of nitrogens with zero attached hydrogens (tertiary/aromatic N) is 1. The molecule has 2 saturated heterocycles. The average Bonchev–Trinajstić information content (AvgIpc) is 2.65. The molecule has 2 fully saturated rings. The maximum absolute atomic E-state index is 5.93. The zero-order chi connectivity index (χ0) is 10.9. The van der Waals surface area contributed by atoms with Crippen molar-refractivity contribution in [2.75, 3.05) is 32.8 Å². The SMILES string of the molecule is CC1CN(C2(CN)CCOC2)CC(C)O1. The highest BCUT2D eigenvalue weighted by molar-refractivity contribution is 4.97. The van der Waals surface area contributed by atoms with Crippen molar-refractivity contribution >= 4 is 0 Å². The molecular weight excluding hydrogens is 192 g/mol. The summed E-state index contributed by atoms with van der Waals surface area (Å²) < 4.78 is 11.3. The summed E-state index contributed by atoms with van der Waals surface area (Å²) in [6.45, 7) is 8.52. The molecule has 2 N–H and O–H groups in total. The Bertz CT molecular complexity index is 207. The molecule has 0 spiro atoms. The van der Waals surface area contributed by atoms with Gasteiger partial charge >= 0.3 is 0 Å². The molecule has 88 valence electrons. The van der Waals surface area contributed by atoms with Gasteiger partial charge in [-0.05, 0) is 20.3 Å². The zero-order valence-corrected chi connectivity index (χ0v) is 9.74. The Morgan fingerprint density at radius 3 is 2.47 bits per heavy atom. The molecule has 0 bridgehead atoms. The van der Waals surface area contributed by atoms with Crippen LogP contribution >= 0.6 is 0 Å². The highest BCUT2D eigenvalue weighted by Gasteiger charge is 2.42. The van der Waals surface area contributed by atoms with Crippen molar-refractivity contribution in [2.45, 2.75) is 38.0 Å². The van der Waals surface area contributed by atoms with Gasteiger partial charge in [-0.25, -0.2) is 0 Å². The van der Waals surface area contributed by atoms with Crippen molar-refractivity contribution in [3.63, 3.8) is 0 Å². The molecule has 4 nitrogen and oxygen atoms in total. The highest BCUT2D eigenvalue weighted by Crippen LogP contribution is 2.28. The topological polar surface area (TPSA) is 47.7 Å². The van der Waals surface area contributed by atoms with Gasteiger partial charge in [0.2, 0.25) is 0 Å². The molecule has 2 aliphatic rings. The van der Waals surface area contributed by atoms with Crippen LogP contribution in [0.15, 0.2) is 0 Å². The lowest BCUT2D eigenvalue weighted by atomic mass is 9.94. The van der Waals surface area contributed by atoms with Gasteiger partial charge in [0, 0.05) is 26.2 Å². The van der Waals surface area contributed by atoms with Crippen LogP contribution in [0.5, 0.6) is 0 Å². The normalized spacial score (nSPS) is 43.4. The lowest BCUT2D eigenvalue weighted by Gasteiger charge is -2.45. The first-order chi connectivity index (χ1) is 7.16. The number of rotatable bonds is 2. The summed E-state index contributed by atoms with van der Waals surface area (Å²) in [5, 5.41) is 0. The van der Waals surface area contributed by atoms with E-state index in [1.807, 2.05) is 0 Å². The summed E-state index contributed by atoms with van der Waals surface area (Å²) in [7, 11) is 0. The molecule has 4 heteroatoms. The highest BCUT2D eigenvalue weighted by atomic mass is 16.5. The maximum atomic E-state index is 5.93. The Hall–Kier alpha value is -0.160. The number of ether oxygens (including phenoxy) is 2. The molecule has 3 unspecified atom stereocenters. The Labute approximate surface area is 91.7 Å². The van der Waals surface area contributed by atoms with E-state index < -0.39 is 0 Å². The number of nitrogens with two attached hydrogens (primary N) is 1. The van der Waals surface area contributed by atoms with E-state index in [9.17, 15) is 0 Å². The first kappa shape index (κ1) is 11.3. The molecule has 0 aromatic rings. The Morgan fingerprint density at radius 2 is 2.00 bits per heavy atom. The van der Waals surface area contributed by atoms with Gasteiger partial charge in [-0.1, -0.05) is 0 Å². The second-order valence-corrected chi connectivity index (χ2v) is 4.89. The second kappa shape index (κ2) is 4.37. The zero-order valence-electron chi connectivity index (χ0n) is 9.74. The van der Waals surface area contributed by atoms with Crippen LogP contribution in [0.3, 0.4) is 0 Å². The van der Waals surface area contributed by atoms with Crippen molar-refractivity contribution < 1.29 is 9.47 Å². The molecule has 0 aliphatic carbocycles. The summed E-state index contributed by atoms with van der Waals surface area (Å²) in [5.41, 5.74) is 6.00. The van der Waals surface area contributed by atoms with Crippen molar-refractivity contribution in [2.24, 2.45) is 5.73 Å². The van der Waals surface area contributed by atoms with Crippen molar-refractivity contribution in [1.29, 1.82) is 0 Å². The van der Waals surface area contributed by atoms with Crippen molar-refractivity contribution in [3.05, 3.63) is 0 Å². The van der Waals surface area contributed by atoms with Gasteiger partial charge < -0.3 is 15.2 Å². The number of hydrogen-bond acceptors (Lipinski definition) is 4. The number of hydrogen-bond donors (Lipinski definition) is 1. The number of morpholine rings is 1. The van der Waals surface area contributed by atoms with Gasteiger partial charge in [0.1, 0.15) is 0 Å². The van der Waals surface area contributed by atoms with Crippen molar-refractivity contribution in [1.82, 2.24) is 4.90 Å². The third-order valence-electron chi connectivity index (χ3n) is 3.55. The maximum Gasteiger partial charge on any atom is 0.0678 e. The molecule has 2 heterocycles. The first-order valence-corrected chi connectivity index (χ1v) is 5.84. The fraction of sp³-hybridized carbons (Fsp3) is 1.00. The minimum absolute atomic E-state index is 0.0757. The third kappa shape index (κ3) is 2.18. The van der Waals surface area contributed by atoms with Crippen LogP contribution in [0.25, 0.3) is 0 Å². The van der Waals surface area contributed by atoms with Crippen LogP contribution < -0.4 is 5.73 Å². The Morgan fingerprint density at radius 1 is 1.33 bits per heavy atom. The van der Waals surface area contributed by atoms with E-state index in [1.54, 1.807) is 0 Å². The lowest BCUT2D eigenvalue weighted by molar-refractivity contribution is -0.101. The van der Waals surface area contributed by atoms with E-state index >= 15 is 0 Å². The minimum Gasteiger partial charge on any atom is -0.379 e. The molecule has 0 aromatic heterocycles. The molecular formula is C11H22N2O2. The summed E-state index contributed by atoms with van der Waals surface area (Å²) >= 11 is 0. The van der Waals surface area contributed by atoms with Crippen LogP contribution in [-0.2, 0) is 9.47 Å². The molecule has 2 aliphatic heterocycles. The van der Waals surface area contributed by atoms with E-state index in [0.29, 0.717) is 18.8 Å². The van der Waals surface area contributed by atoms with Gasteiger partial charge in [0.15, 0.2) is 0 Å². The van der Waals surface area contributed by atoms with Gasteiger partial charge in [-0.2, -0.15) is 0 Å². The smallest absolute Gasteiger partial charge is 0.0678 e. The molecule has 15 heavy (non-hydrogen) atoms. The van der Waals surface area contributed by atoms with Crippen LogP contribution in [0.1, 0.15) is 20.3 Å². The Kier molecular flexibility index (Phi) is 3.30. The van der Waals surface area contributed by atoms with Crippen LogP contribution in [-0.4, -0.2) is 55.5 Å². The summed E-state index contributed by atoms with van der Waals surface area (Å²) in [6.07, 6.45) is 1.67. The largest absolute Gasteiger partial charge is 0.379 e. The van der Waals surface area contributed by atoms with Crippen LogP contribution in [0.2, 0.25) is 0 Å². The van der Waals surface area contributed by atoms with E-state index in [2.05, 4.69) is 18.7 Å². The molecule has 2 rings (SSSR count). The van der Waals surface area contributed by atoms with Gasteiger partial charge in [0.05, 0.1) is 24.4 Å². The summed E-state index contributed by atoms with van der Waals surface area (Å²) in [4.78, 5) is 2.47. The molecule has 0 amide bonds. The molecule has 0 aromatic carbocycles. The minimum atomic E-state index is 0.0757. The fourth-order valence-electron chi connectivity index (χ4n) is 2.70. The monoisotopic (exact) mass is 214 g/mol. The fourth-order valence-corrected chi connectivity index (χ4v) is 2.70. The van der Waals surface area contributed by atoms with E-state index in [1.165, 1.54) is 0 Å². The van der Waals surface area contributed by atoms with Crippen molar-refractivity contribution in [3.8, 4) is 0 Å². The molecule has 3 atom stereocenters. The predicted molar refractivity (Wildman–Crippen MR) is 58.8 cm³/mol. The predicted octanol–water partition coefficient (Wildman–Crippen LogP) is 0.213. The van der Waals surface area contributed by atoms with Gasteiger partial charge in [-0.3, -0.25) is 4.90 Å². The summed E-state index contributed by atoms with van der Waals surface area (Å²) in [5.74, 6) is 0. The van der Waals surface area contributed by atoms with Crippen LogP contribution in [0, 0.1) is 0 Å². The molecule has 0 saturated carbocycles. The first-order valence-electron chi connectivity index (χ1n) is 5.84. The third-order valence-corrected chi connectivity index (χ3v) is 3.55. The Balaban J connectivity index is 2.07. The quantitative estimate of drug-likeness (QED) is 0.714. The van der Waals surface area contributed by atoms with Crippen LogP contribution in [0.4, 0.5) is 0 Å². The van der Waals surface area contributed by atoms with E-state index in [-0.39, 0.29) is 5.54 Å². The average molecular weight is 214 g/mol. The summed E-state index contributed by atoms with van der Waals surface area (Å²) in [6, 6.07) is 0.